The van der Waals surface area contributed by atoms with E-state index < -0.39 is 0 Å². The Morgan fingerprint density at radius 2 is 2.57 bits per heavy atom. The predicted molar refractivity (Wildman–Crippen MR) is 27.5 cm³/mol. The fourth-order valence-corrected chi connectivity index (χ4v) is 0.522. The van der Waals surface area contributed by atoms with Crippen LogP contribution in [-0.4, -0.2) is 18.6 Å². The van der Waals surface area contributed by atoms with Crippen LogP contribution in [0.15, 0.2) is 12.1 Å². The number of methoxy groups -OCH3 is 1. The molecule has 0 N–H and O–H groups in total. The lowest BCUT2D eigenvalue weighted by molar-refractivity contribution is 0.256. The molecule has 2 nitrogen and oxygen atoms in total. The molecular formula is C5H9NO. The lowest BCUT2D eigenvalue weighted by Gasteiger charge is -1.96. The fraction of sp³-hybridized carbons (Fsp3) is 0.600. The molecule has 0 aromatic heterocycles. The largest absolute Gasteiger partial charge is 0.481 e. The minimum atomic E-state index is 1.00. The van der Waals surface area contributed by atoms with Gasteiger partial charge in [0.1, 0.15) is 0 Å². The number of hydrogen-bond acceptors (Lipinski definition) is 2. The van der Waals surface area contributed by atoms with Crippen molar-refractivity contribution in [2.45, 2.75) is 6.92 Å². The van der Waals surface area contributed by atoms with Gasteiger partial charge < -0.3 is 9.64 Å². The standard InChI is InChI=1S/C5H9NO/c1-3-6-4-5(6)7-2/h4H,3H2,1-2H3. The topological polar surface area (TPSA) is 12.2 Å². The van der Waals surface area contributed by atoms with E-state index in [0.717, 1.165) is 12.4 Å². The fourth-order valence-electron chi connectivity index (χ4n) is 0.522. The van der Waals surface area contributed by atoms with Crippen LogP contribution in [-0.2, 0) is 4.74 Å². The van der Waals surface area contributed by atoms with E-state index in [4.69, 9.17) is 4.74 Å². The van der Waals surface area contributed by atoms with Crippen LogP contribution in [0.1, 0.15) is 6.92 Å². The maximum absolute atomic E-state index is 4.85. The first kappa shape index (κ1) is 4.50. The second-order valence-corrected chi connectivity index (χ2v) is 1.46. The van der Waals surface area contributed by atoms with Crippen LogP contribution < -0.4 is 0 Å². The van der Waals surface area contributed by atoms with Crippen molar-refractivity contribution in [2.24, 2.45) is 0 Å². The smallest absolute Gasteiger partial charge is 0.210 e. The minimum absolute atomic E-state index is 1.00. The van der Waals surface area contributed by atoms with Gasteiger partial charge in [0.25, 0.3) is 0 Å². The van der Waals surface area contributed by atoms with Crippen LogP contribution in [0.5, 0.6) is 0 Å². The molecule has 0 aromatic carbocycles. The first-order valence-electron chi connectivity index (χ1n) is 2.41. The Labute approximate surface area is 43.4 Å². The molecule has 7 heavy (non-hydrogen) atoms. The van der Waals surface area contributed by atoms with Crippen LogP contribution in [0.25, 0.3) is 0 Å². The van der Waals surface area contributed by atoms with E-state index in [0.29, 0.717) is 0 Å². The first-order chi connectivity index (χ1) is 3.38. The zero-order valence-electron chi connectivity index (χ0n) is 4.64. The maximum atomic E-state index is 4.85. The van der Waals surface area contributed by atoms with Crippen molar-refractivity contribution in [3.63, 3.8) is 0 Å². The molecular weight excluding hydrogens is 90.1 g/mol. The summed E-state index contributed by atoms with van der Waals surface area (Å²) in [5.41, 5.74) is 0. The van der Waals surface area contributed by atoms with Crippen LogP contribution in [0.4, 0.5) is 0 Å². The quantitative estimate of drug-likeness (QED) is 0.507. The van der Waals surface area contributed by atoms with E-state index in [2.05, 4.69) is 6.92 Å². The van der Waals surface area contributed by atoms with Gasteiger partial charge in [0.2, 0.25) is 5.88 Å². The van der Waals surface area contributed by atoms with Gasteiger partial charge in [0, 0.05) is 6.54 Å². The summed E-state index contributed by atoms with van der Waals surface area (Å²) in [5, 5.41) is 0. The summed E-state index contributed by atoms with van der Waals surface area (Å²) in [6, 6.07) is 0. The third kappa shape index (κ3) is 0.683. The molecule has 0 unspecified atom stereocenters. The summed E-state index contributed by atoms with van der Waals surface area (Å²) in [7, 11) is 1.68. The molecule has 0 aliphatic carbocycles. The molecule has 2 heteroatoms. The van der Waals surface area contributed by atoms with Crippen molar-refractivity contribution in [1.82, 2.24) is 4.90 Å². The van der Waals surface area contributed by atoms with E-state index in [1.807, 2.05) is 11.1 Å². The average molecular weight is 99.1 g/mol. The number of hydrogen-bond donors (Lipinski definition) is 0. The monoisotopic (exact) mass is 99.1 g/mol. The zero-order valence-corrected chi connectivity index (χ0v) is 4.64. The van der Waals surface area contributed by atoms with Crippen LogP contribution in [0.2, 0.25) is 0 Å². The summed E-state index contributed by atoms with van der Waals surface area (Å²) in [6.07, 6.45) is 1.97. The highest BCUT2D eigenvalue weighted by atomic mass is 16.5. The first-order valence-corrected chi connectivity index (χ1v) is 2.41. The number of rotatable bonds is 2. The van der Waals surface area contributed by atoms with E-state index >= 15 is 0 Å². The molecule has 0 spiro atoms. The molecule has 0 saturated carbocycles. The van der Waals surface area contributed by atoms with Crippen molar-refractivity contribution in [2.75, 3.05) is 13.7 Å². The van der Waals surface area contributed by atoms with Crippen molar-refractivity contribution in [1.29, 1.82) is 0 Å². The highest BCUT2D eigenvalue weighted by Gasteiger charge is 2.17. The zero-order chi connectivity index (χ0) is 5.28. The molecule has 0 saturated heterocycles. The van der Waals surface area contributed by atoms with Crippen LogP contribution in [0.3, 0.4) is 0 Å². The average Bonchev–Trinajstić information content (AvgIpc) is 2.43. The van der Waals surface area contributed by atoms with E-state index in [1.54, 1.807) is 7.11 Å². The van der Waals surface area contributed by atoms with Gasteiger partial charge in [0.15, 0.2) is 0 Å². The Morgan fingerprint density at radius 1 is 1.86 bits per heavy atom. The van der Waals surface area contributed by atoms with Gasteiger partial charge in [-0.25, -0.2) is 0 Å². The van der Waals surface area contributed by atoms with Gasteiger partial charge in [-0.05, 0) is 6.92 Å². The molecule has 1 aliphatic rings. The molecule has 0 bridgehead atoms. The van der Waals surface area contributed by atoms with Gasteiger partial charge in [0.05, 0.1) is 13.3 Å². The number of nitrogens with zero attached hydrogens (tertiary/aromatic N) is 1. The van der Waals surface area contributed by atoms with E-state index in [9.17, 15) is 0 Å². The molecule has 0 atom stereocenters. The highest BCUT2D eigenvalue weighted by molar-refractivity contribution is 5.10. The van der Waals surface area contributed by atoms with E-state index in [1.165, 1.54) is 0 Å². The molecule has 40 valence electrons. The molecule has 0 amide bonds. The van der Waals surface area contributed by atoms with Gasteiger partial charge in [-0.15, -0.1) is 0 Å². The third-order valence-electron chi connectivity index (χ3n) is 1.03. The Morgan fingerprint density at radius 3 is 2.71 bits per heavy atom. The third-order valence-corrected chi connectivity index (χ3v) is 1.03. The Hall–Kier alpha value is -0.660. The number of ether oxygens (including phenoxy) is 1. The normalized spacial score (nSPS) is 16.3. The molecule has 0 radical (unpaired) electrons. The summed E-state index contributed by atoms with van der Waals surface area (Å²) in [5.74, 6) is 1.00. The molecule has 1 aliphatic heterocycles. The van der Waals surface area contributed by atoms with Gasteiger partial charge in [-0.1, -0.05) is 0 Å². The summed E-state index contributed by atoms with van der Waals surface area (Å²) < 4.78 is 4.85. The molecule has 1 rings (SSSR count). The lowest BCUT2D eigenvalue weighted by atomic mass is 10.8. The maximum Gasteiger partial charge on any atom is 0.210 e. The summed E-state index contributed by atoms with van der Waals surface area (Å²) in [4.78, 5) is 2.04. The molecule has 0 fully saturated rings. The van der Waals surface area contributed by atoms with Gasteiger partial charge in [-0.3, -0.25) is 0 Å². The molecule has 0 aromatic rings. The van der Waals surface area contributed by atoms with Crippen molar-refractivity contribution < 1.29 is 4.74 Å². The second-order valence-electron chi connectivity index (χ2n) is 1.46. The summed E-state index contributed by atoms with van der Waals surface area (Å²) >= 11 is 0. The Kier molecular flexibility index (Phi) is 0.929. The second kappa shape index (κ2) is 1.45. The van der Waals surface area contributed by atoms with E-state index in [-0.39, 0.29) is 0 Å². The van der Waals surface area contributed by atoms with Crippen molar-refractivity contribution in [3.05, 3.63) is 12.1 Å². The SMILES string of the molecule is CCN1C=C1OC. The lowest BCUT2D eigenvalue weighted by Crippen LogP contribution is -1.96. The minimum Gasteiger partial charge on any atom is -0.481 e. The van der Waals surface area contributed by atoms with Crippen LogP contribution >= 0.6 is 0 Å². The Balaban J connectivity index is 2.14. The van der Waals surface area contributed by atoms with Crippen molar-refractivity contribution in [3.8, 4) is 0 Å². The van der Waals surface area contributed by atoms with Crippen molar-refractivity contribution >= 4 is 0 Å². The molecule has 1 heterocycles. The Bertz CT molecular complexity index is 98.3. The predicted octanol–water partition coefficient (Wildman–Crippen LogP) is 0.767. The van der Waals surface area contributed by atoms with Crippen LogP contribution in [0, 0.1) is 0 Å². The highest BCUT2D eigenvalue weighted by Crippen LogP contribution is 2.18. The summed E-state index contributed by atoms with van der Waals surface area (Å²) in [6.45, 7) is 3.12. The van der Waals surface area contributed by atoms with Gasteiger partial charge >= 0.3 is 0 Å². The van der Waals surface area contributed by atoms with Gasteiger partial charge in [-0.2, -0.15) is 0 Å².